The van der Waals surface area contributed by atoms with E-state index >= 15 is 0 Å². The molecule has 1 atom stereocenters. The summed E-state index contributed by atoms with van der Waals surface area (Å²) >= 11 is 11.5. The van der Waals surface area contributed by atoms with Gasteiger partial charge < -0.3 is 5.11 Å². The summed E-state index contributed by atoms with van der Waals surface area (Å²) in [5, 5.41) is 10.4. The molecule has 1 aromatic carbocycles. The fraction of sp³-hybridized carbons (Fsp3) is 0.333. The Morgan fingerprint density at radius 2 is 1.92 bits per heavy atom. The molecule has 4 heteroatoms. The van der Waals surface area contributed by atoms with E-state index < -0.39 is 6.10 Å². The molecule has 0 spiro atoms. The topological polar surface area (TPSA) is 20.2 Å². The zero-order valence-corrected chi connectivity index (χ0v) is 9.73. The summed E-state index contributed by atoms with van der Waals surface area (Å²) in [6.45, 7) is 1.91. The fourth-order valence-corrected chi connectivity index (χ4v) is 1.26. The Hall–Kier alpha value is 0.110. The Balaban J connectivity index is 0.00000144. The monoisotopic (exact) mass is 238 g/mol. The second-order valence-electron chi connectivity index (χ2n) is 2.60. The van der Waals surface area contributed by atoms with Gasteiger partial charge in [0.15, 0.2) is 0 Å². The summed E-state index contributed by atoms with van der Waals surface area (Å²) in [5.74, 6) is 0. The highest BCUT2D eigenvalue weighted by atomic mass is 35.5. The molecule has 1 N–H and O–H groups in total. The van der Waals surface area contributed by atoms with Crippen LogP contribution in [0.4, 0.5) is 0 Å². The summed E-state index contributed by atoms with van der Waals surface area (Å²) in [4.78, 5) is 0. The van der Waals surface area contributed by atoms with Crippen molar-refractivity contribution in [1.82, 2.24) is 0 Å². The van der Waals surface area contributed by atoms with Crippen molar-refractivity contribution in [2.45, 2.75) is 19.4 Å². The minimum Gasteiger partial charge on any atom is -0.388 e. The average molecular weight is 239 g/mol. The maximum atomic E-state index is 9.44. The Labute approximate surface area is 95.1 Å². The SMILES string of the molecule is CC[C@H](O)c1ccc(Cl)c(Cl)c1.S. The normalized spacial score (nSPS) is 12.0. The predicted octanol–water partition coefficient (Wildman–Crippen LogP) is 3.55. The van der Waals surface area contributed by atoms with Crippen LogP contribution in [0.15, 0.2) is 18.2 Å². The van der Waals surface area contributed by atoms with Crippen molar-refractivity contribution in [3.8, 4) is 0 Å². The van der Waals surface area contributed by atoms with Crippen molar-refractivity contribution in [1.29, 1.82) is 0 Å². The second-order valence-corrected chi connectivity index (χ2v) is 3.41. The van der Waals surface area contributed by atoms with Gasteiger partial charge in [-0.3, -0.25) is 0 Å². The highest BCUT2D eigenvalue weighted by Gasteiger charge is 2.06. The summed E-state index contributed by atoms with van der Waals surface area (Å²) < 4.78 is 0. The van der Waals surface area contributed by atoms with Crippen molar-refractivity contribution < 1.29 is 5.11 Å². The van der Waals surface area contributed by atoms with Crippen LogP contribution in [0.2, 0.25) is 10.0 Å². The molecule has 0 radical (unpaired) electrons. The third-order valence-corrected chi connectivity index (χ3v) is 2.45. The molecule has 0 bridgehead atoms. The molecule has 0 amide bonds. The van der Waals surface area contributed by atoms with E-state index in [0.717, 1.165) is 5.56 Å². The summed E-state index contributed by atoms with van der Waals surface area (Å²) in [6, 6.07) is 5.17. The Bertz CT molecular complexity index is 278. The van der Waals surface area contributed by atoms with Crippen LogP contribution in [-0.2, 0) is 0 Å². The van der Waals surface area contributed by atoms with Crippen molar-refractivity contribution in [2.24, 2.45) is 0 Å². The molecule has 1 aromatic rings. The summed E-state index contributed by atoms with van der Waals surface area (Å²) in [7, 11) is 0. The van der Waals surface area contributed by atoms with Crippen molar-refractivity contribution in [3.05, 3.63) is 33.8 Å². The standard InChI is InChI=1S/C9H10Cl2O.H2S/c1-2-9(12)6-3-4-7(10)8(11)5-6;/h3-5,9,12H,2H2,1H3;1H2/t9-;/m0./s1. The molecule has 0 saturated heterocycles. The molecule has 0 fully saturated rings. The largest absolute Gasteiger partial charge is 0.388 e. The van der Waals surface area contributed by atoms with Crippen LogP contribution in [0, 0.1) is 0 Å². The molecule has 13 heavy (non-hydrogen) atoms. The first kappa shape index (κ1) is 13.1. The van der Waals surface area contributed by atoms with E-state index in [-0.39, 0.29) is 13.5 Å². The number of aliphatic hydroxyl groups excluding tert-OH is 1. The maximum absolute atomic E-state index is 9.44. The lowest BCUT2D eigenvalue weighted by atomic mass is 10.1. The molecular weight excluding hydrogens is 227 g/mol. The van der Waals surface area contributed by atoms with Gasteiger partial charge in [0, 0.05) is 0 Å². The third kappa shape index (κ3) is 3.39. The van der Waals surface area contributed by atoms with Crippen molar-refractivity contribution in [2.75, 3.05) is 0 Å². The van der Waals surface area contributed by atoms with E-state index in [2.05, 4.69) is 0 Å². The van der Waals surface area contributed by atoms with E-state index in [9.17, 15) is 5.11 Å². The van der Waals surface area contributed by atoms with Gasteiger partial charge in [-0.2, -0.15) is 13.5 Å². The first-order valence-electron chi connectivity index (χ1n) is 3.78. The van der Waals surface area contributed by atoms with Gasteiger partial charge >= 0.3 is 0 Å². The van der Waals surface area contributed by atoms with Crippen LogP contribution < -0.4 is 0 Å². The number of aliphatic hydroxyl groups is 1. The first-order valence-corrected chi connectivity index (χ1v) is 4.53. The lowest BCUT2D eigenvalue weighted by molar-refractivity contribution is 0.173. The van der Waals surface area contributed by atoms with Crippen LogP contribution in [-0.4, -0.2) is 5.11 Å². The molecule has 1 rings (SSSR count). The highest BCUT2D eigenvalue weighted by molar-refractivity contribution is 7.59. The maximum Gasteiger partial charge on any atom is 0.0788 e. The third-order valence-electron chi connectivity index (χ3n) is 1.72. The fourth-order valence-electron chi connectivity index (χ4n) is 0.955. The second kappa shape index (κ2) is 5.76. The first-order chi connectivity index (χ1) is 5.65. The number of hydrogen-bond acceptors (Lipinski definition) is 1. The minimum absolute atomic E-state index is 0. The Morgan fingerprint density at radius 1 is 1.31 bits per heavy atom. The quantitative estimate of drug-likeness (QED) is 0.836. The summed E-state index contributed by atoms with van der Waals surface area (Å²) in [6.07, 6.45) is 0.234. The van der Waals surface area contributed by atoms with Gasteiger partial charge in [-0.15, -0.1) is 0 Å². The van der Waals surface area contributed by atoms with E-state index in [0.29, 0.717) is 16.5 Å². The van der Waals surface area contributed by atoms with E-state index in [1.165, 1.54) is 0 Å². The van der Waals surface area contributed by atoms with Crippen molar-refractivity contribution in [3.63, 3.8) is 0 Å². The number of halogens is 2. The Kier molecular flexibility index (Phi) is 5.81. The number of rotatable bonds is 2. The molecule has 0 unspecified atom stereocenters. The summed E-state index contributed by atoms with van der Waals surface area (Å²) in [5.41, 5.74) is 0.812. The molecule has 0 heterocycles. The molecule has 0 aliphatic rings. The van der Waals surface area contributed by atoms with Crippen LogP contribution in [0.5, 0.6) is 0 Å². The van der Waals surface area contributed by atoms with Crippen LogP contribution in [0.1, 0.15) is 25.0 Å². The Morgan fingerprint density at radius 3 is 2.38 bits per heavy atom. The molecule has 74 valence electrons. The van der Waals surface area contributed by atoms with E-state index in [1.807, 2.05) is 6.92 Å². The van der Waals surface area contributed by atoms with Gasteiger partial charge in [-0.1, -0.05) is 36.2 Å². The van der Waals surface area contributed by atoms with E-state index in [4.69, 9.17) is 23.2 Å². The van der Waals surface area contributed by atoms with Gasteiger partial charge in [-0.25, -0.2) is 0 Å². The molecule has 0 aliphatic carbocycles. The predicted molar refractivity (Wildman–Crippen MR) is 62.1 cm³/mol. The zero-order valence-electron chi connectivity index (χ0n) is 7.22. The lowest BCUT2D eigenvalue weighted by Crippen LogP contribution is -1.94. The molecule has 0 aliphatic heterocycles. The van der Waals surface area contributed by atoms with Crippen LogP contribution >= 0.6 is 36.7 Å². The molecule has 1 nitrogen and oxygen atoms in total. The minimum atomic E-state index is -0.445. The van der Waals surface area contributed by atoms with Crippen LogP contribution in [0.3, 0.4) is 0 Å². The van der Waals surface area contributed by atoms with Gasteiger partial charge in [0.05, 0.1) is 16.1 Å². The van der Waals surface area contributed by atoms with Crippen molar-refractivity contribution >= 4 is 36.7 Å². The van der Waals surface area contributed by atoms with E-state index in [1.54, 1.807) is 18.2 Å². The van der Waals surface area contributed by atoms with Gasteiger partial charge in [0.1, 0.15) is 0 Å². The lowest BCUT2D eigenvalue weighted by Gasteiger charge is -2.08. The molecule has 0 saturated carbocycles. The number of hydrogen-bond donors (Lipinski definition) is 1. The van der Waals surface area contributed by atoms with Crippen LogP contribution in [0.25, 0.3) is 0 Å². The number of benzene rings is 1. The van der Waals surface area contributed by atoms with Gasteiger partial charge in [0.2, 0.25) is 0 Å². The molecule has 0 aromatic heterocycles. The van der Waals surface area contributed by atoms with Gasteiger partial charge in [0.25, 0.3) is 0 Å². The zero-order chi connectivity index (χ0) is 9.14. The highest BCUT2D eigenvalue weighted by Crippen LogP contribution is 2.26. The average Bonchev–Trinajstić information content (AvgIpc) is 2.08. The smallest absolute Gasteiger partial charge is 0.0788 e. The molecular formula is C9H12Cl2OS. The van der Waals surface area contributed by atoms with Gasteiger partial charge in [-0.05, 0) is 24.1 Å².